The van der Waals surface area contributed by atoms with Crippen molar-refractivity contribution in [2.75, 3.05) is 5.32 Å². The van der Waals surface area contributed by atoms with Crippen molar-refractivity contribution < 1.29 is 9.32 Å². The fraction of sp³-hybridized carbons (Fsp3) is 0.0556. The number of carbonyl (C=O) groups is 1. The first-order chi connectivity index (χ1) is 12.1. The minimum absolute atomic E-state index is 0.242. The average molecular weight is 332 g/mol. The van der Waals surface area contributed by atoms with Gasteiger partial charge in [-0.2, -0.15) is 4.98 Å². The molecule has 3 heterocycles. The van der Waals surface area contributed by atoms with Gasteiger partial charge in [0.05, 0.1) is 6.20 Å². The number of anilines is 1. The molecule has 7 nitrogen and oxygen atoms in total. The number of aryl methyl sites for hydroxylation is 1. The fourth-order valence-electron chi connectivity index (χ4n) is 2.55. The van der Waals surface area contributed by atoms with Crippen LogP contribution in [0.25, 0.3) is 17.0 Å². The molecule has 0 spiro atoms. The first-order valence-corrected chi connectivity index (χ1v) is 7.62. The zero-order chi connectivity index (χ0) is 17.4. The summed E-state index contributed by atoms with van der Waals surface area (Å²) in [7, 11) is 0. The standard InChI is InChI=1S/C18H14N5O2/c1-11-6-7-13(17-20-12(2)25-22-17)9-14(11)21-18(24)15-10-19-16-5-3-4-8-23(15)16/h3-10H,2H2,1H3,(H,21,24). The van der Waals surface area contributed by atoms with Crippen molar-refractivity contribution in [3.8, 4) is 11.4 Å². The van der Waals surface area contributed by atoms with Gasteiger partial charge in [-0.1, -0.05) is 23.4 Å². The number of hydrogen-bond acceptors (Lipinski definition) is 5. The summed E-state index contributed by atoms with van der Waals surface area (Å²) in [5, 5.41) is 6.77. The summed E-state index contributed by atoms with van der Waals surface area (Å²) in [6, 6.07) is 11.1. The number of rotatable bonds is 3. The smallest absolute Gasteiger partial charge is 0.274 e. The van der Waals surface area contributed by atoms with Gasteiger partial charge in [0.25, 0.3) is 5.91 Å². The number of nitrogens with zero attached hydrogens (tertiary/aromatic N) is 4. The molecule has 7 heteroatoms. The van der Waals surface area contributed by atoms with Crippen LogP contribution in [0.15, 0.2) is 53.3 Å². The van der Waals surface area contributed by atoms with Crippen LogP contribution in [0, 0.1) is 13.8 Å². The summed E-state index contributed by atoms with van der Waals surface area (Å²) in [5.74, 6) is 0.423. The Morgan fingerprint density at radius 1 is 1.28 bits per heavy atom. The second kappa shape index (κ2) is 5.86. The highest BCUT2D eigenvalue weighted by molar-refractivity contribution is 6.04. The molecule has 1 aromatic carbocycles. The molecule has 0 saturated heterocycles. The van der Waals surface area contributed by atoms with Crippen LogP contribution < -0.4 is 5.32 Å². The predicted molar refractivity (Wildman–Crippen MR) is 92.1 cm³/mol. The van der Waals surface area contributed by atoms with Gasteiger partial charge in [0.15, 0.2) is 0 Å². The molecule has 0 fully saturated rings. The summed E-state index contributed by atoms with van der Waals surface area (Å²) in [4.78, 5) is 21.0. The molecule has 4 rings (SSSR count). The van der Waals surface area contributed by atoms with E-state index in [1.165, 1.54) is 0 Å². The molecule has 0 atom stereocenters. The van der Waals surface area contributed by atoms with E-state index in [0.29, 0.717) is 22.9 Å². The molecule has 0 bridgehead atoms. The number of pyridine rings is 1. The van der Waals surface area contributed by atoms with Crippen molar-refractivity contribution in [1.82, 2.24) is 19.5 Å². The molecular formula is C18H14N5O2. The molecule has 0 aliphatic carbocycles. The van der Waals surface area contributed by atoms with E-state index in [-0.39, 0.29) is 11.8 Å². The Morgan fingerprint density at radius 2 is 2.16 bits per heavy atom. The Bertz CT molecular complexity index is 1080. The molecule has 123 valence electrons. The van der Waals surface area contributed by atoms with Gasteiger partial charge in [0.1, 0.15) is 11.3 Å². The Hall–Kier alpha value is -3.48. The van der Waals surface area contributed by atoms with Gasteiger partial charge in [-0.25, -0.2) is 4.98 Å². The number of aromatic nitrogens is 4. The van der Waals surface area contributed by atoms with Crippen LogP contribution in [0.4, 0.5) is 5.69 Å². The second-order valence-electron chi connectivity index (χ2n) is 5.57. The van der Waals surface area contributed by atoms with Crippen LogP contribution in [0.2, 0.25) is 0 Å². The number of carbonyl (C=O) groups excluding carboxylic acids is 1. The summed E-state index contributed by atoms with van der Waals surface area (Å²) in [5.41, 5.74) is 3.50. The van der Waals surface area contributed by atoms with Gasteiger partial charge in [-0.05, 0) is 30.7 Å². The monoisotopic (exact) mass is 332 g/mol. The summed E-state index contributed by atoms with van der Waals surface area (Å²) in [6.07, 6.45) is 3.35. The number of hydrogen-bond donors (Lipinski definition) is 1. The minimum Gasteiger partial charge on any atom is -0.339 e. The first kappa shape index (κ1) is 15.1. The Morgan fingerprint density at radius 3 is 2.96 bits per heavy atom. The van der Waals surface area contributed by atoms with Gasteiger partial charge in [0, 0.05) is 24.4 Å². The maximum Gasteiger partial charge on any atom is 0.274 e. The van der Waals surface area contributed by atoms with Crippen LogP contribution in [0.3, 0.4) is 0 Å². The van der Waals surface area contributed by atoms with Crippen LogP contribution in [0.1, 0.15) is 21.9 Å². The van der Waals surface area contributed by atoms with Gasteiger partial charge in [-0.15, -0.1) is 0 Å². The van der Waals surface area contributed by atoms with E-state index >= 15 is 0 Å². The maximum absolute atomic E-state index is 12.7. The van der Waals surface area contributed by atoms with Crippen molar-refractivity contribution in [3.63, 3.8) is 0 Å². The van der Waals surface area contributed by atoms with Gasteiger partial charge >= 0.3 is 0 Å². The third-order valence-corrected chi connectivity index (χ3v) is 3.86. The zero-order valence-electron chi connectivity index (χ0n) is 13.4. The molecule has 0 aliphatic heterocycles. The number of nitrogens with one attached hydrogen (secondary N) is 1. The average Bonchev–Trinajstić information content (AvgIpc) is 3.23. The molecule has 3 aromatic heterocycles. The van der Waals surface area contributed by atoms with Gasteiger partial charge in [0.2, 0.25) is 11.7 Å². The quantitative estimate of drug-likeness (QED) is 0.623. The van der Waals surface area contributed by atoms with E-state index in [1.54, 1.807) is 22.9 Å². The normalized spacial score (nSPS) is 11.0. The maximum atomic E-state index is 12.7. The molecule has 0 aliphatic rings. The largest absolute Gasteiger partial charge is 0.339 e. The highest BCUT2D eigenvalue weighted by Gasteiger charge is 2.14. The Balaban J connectivity index is 1.67. The molecule has 1 amide bonds. The number of amides is 1. The van der Waals surface area contributed by atoms with Crippen molar-refractivity contribution in [2.45, 2.75) is 6.92 Å². The first-order valence-electron chi connectivity index (χ1n) is 7.62. The van der Waals surface area contributed by atoms with Crippen LogP contribution in [-0.4, -0.2) is 25.4 Å². The lowest BCUT2D eigenvalue weighted by atomic mass is 10.1. The molecule has 4 aromatic rings. The van der Waals surface area contributed by atoms with Crippen molar-refractivity contribution >= 4 is 17.2 Å². The lowest BCUT2D eigenvalue weighted by Gasteiger charge is -2.09. The third kappa shape index (κ3) is 2.76. The molecule has 0 saturated carbocycles. The highest BCUT2D eigenvalue weighted by atomic mass is 16.5. The van der Waals surface area contributed by atoms with Crippen LogP contribution >= 0.6 is 0 Å². The molecule has 25 heavy (non-hydrogen) atoms. The zero-order valence-corrected chi connectivity index (χ0v) is 13.4. The van der Waals surface area contributed by atoms with Crippen molar-refractivity contribution in [2.24, 2.45) is 0 Å². The summed E-state index contributed by atoms with van der Waals surface area (Å²) < 4.78 is 6.64. The van der Waals surface area contributed by atoms with E-state index < -0.39 is 0 Å². The van der Waals surface area contributed by atoms with E-state index in [1.807, 2.05) is 37.3 Å². The number of imidazole rings is 1. The fourth-order valence-corrected chi connectivity index (χ4v) is 2.55. The molecule has 1 N–H and O–H groups in total. The number of benzene rings is 1. The van der Waals surface area contributed by atoms with Crippen LogP contribution in [-0.2, 0) is 0 Å². The van der Waals surface area contributed by atoms with Gasteiger partial charge in [-0.3, -0.25) is 9.20 Å². The van der Waals surface area contributed by atoms with E-state index in [2.05, 4.69) is 27.4 Å². The topological polar surface area (TPSA) is 85.3 Å². The Labute approximate surface area is 143 Å². The van der Waals surface area contributed by atoms with Crippen LogP contribution in [0.5, 0.6) is 0 Å². The predicted octanol–water partition coefficient (Wildman–Crippen LogP) is 3.13. The number of fused-ring (bicyclic) bond motifs is 1. The highest BCUT2D eigenvalue weighted by Crippen LogP contribution is 2.24. The van der Waals surface area contributed by atoms with E-state index in [9.17, 15) is 4.79 Å². The SMILES string of the molecule is [CH2]c1nc(-c2ccc(C)c(NC(=O)c3cnc4ccccn34)c2)no1. The lowest BCUT2D eigenvalue weighted by molar-refractivity contribution is 0.102. The Kier molecular flexibility index (Phi) is 3.53. The van der Waals surface area contributed by atoms with Crippen molar-refractivity contribution in [1.29, 1.82) is 0 Å². The summed E-state index contributed by atoms with van der Waals surface area (Å²) in [6.45, 7) is 5.51. The molecule has 1 radical (unpaired) electrons. The third-order valence-electron chi connectivity index (χ3n) is 3.86. The van der Waals surface area contributed by atoms with E-state index in [0.717, 1.165) is 11.1 Å². The molecule has 0 unspecified atom stereocenters. The van der Waals surface area contributed by atoms with E-state index in [4.69, 9.17) is 4.52 Å². The molecular weight excluding hydrogens is 318 g/mol. The summed E-state index contributed by atoms with van der Waals surface area (Å²) >= 11 is 0. The van der Waals surface area contributed by atoms with Gasteiger partial charge < -0.3 is 9.84 Å². The second-order valence-corrected chi connectivity index (χ2v) is 5.57. The lowest BCUT2D eigenvalue weighted by Crippen LogP contribution is -2.15. The minimum atomic E-state index is -0.245. The van der Waals surface area contributed by atoms with Crippen molar-refractivity contribution in [3.05, 3.63) is 72.9 Å².